The molecule has 0 radical (unpaired) electrons. The molecule has 2 rings (SSSR count). The summed E-state index contributed by atoms with van der Waals surface area (Å²) in [6, 6.07) is 0. The normalized spacial score (nSPS) is 36.8. The lowest BCUT2D eigenvalue weighted by atomic mass is 10.0. The smallest absolute Gasteiger partial charge is 0.163 e. The van der Waals surface area contributed by atoms with Crippen LogP contribution in [0.4, 0.5) is 0 Å². The van der Waals surface area contributed by atoms with Crippen LogP contribution >= 0.6 is 0 Å². The van der Waals surface area contributed by atoms with Gasteiger partial charge in [0.05, 0.1) is 12.7 Å². The van der Waals surface area contributed by atoms with Crippen molar-refractivity contribution in [3.05, 3.63) is 0 Å². The van der Waals surface area contributed by atoms with Crippen molar-refractivity contribution < 1.29 is 18.9 Å². The van der Waals surface area contributed by atoms with E-state index < -0.39 is 11.6 Å². The predicted molar refractivity (Wildman–Crippen MR) is 72.9 cm³/mol. The van der Waals surface area contributed by atoms with Gasteiger partial charge in [-0.05, 0) is 34.1 Å². The van der Waals surface area contributed by atoms with Gasteiger partial charge in [-0.1, -0.05) is 26.2 Å². The molecule has 0 N–H and O–H groups in total. The van der Waals surface area contributed by atoms with Gasteiger partial charge in [0.25, 0.3) is 0 Å². The molecule has 2 aliphatic heterocycles. The van der Waals surface area contributed by atoms with Gasteiger partial charge >= 0.3 is 0 Å². The second kappa shape index (κ2) is 5.68. The molecule has 2 saturated heterocycles. The maximum Gasteiger partial charge on any atom is 0.163 e. The van der Waals surface area contributed by atoms with E-state index in [1.165, 1.54) is 19.3 Å². The van der Waals surface area contributed by atoms with E-state index in [0.717, 1.165) is 6.42 Å². The van der Waals surface area contributed by atoms with E-state index >= 15 is 0 Å². The Bertz CT molecular complexity index is 301. The summed E-state index contributed by atoms with van der Waals surface area (Å²) in [5.41, 5.74) is 0. The lowest BCUT2D eigenvalue weighted by Crippen LogP contribution is -2.38. The van der Waals surface area contributed by atoms with Gasteiger partial charge in [0.1, 0.15) is 12.2 Å². The van der Waals surface area contributed by atoms with Crippen molar-refractivity contribution in [1.29, 1.82) is 0 Å². The highest BCUT2D eigenvalue weighted by molar-refractivity contribution is 4.90. The molecule has 2 aliphatic rings. The van der Waals surface area contributed by atoms with Gasteiger partial charge in [0, 0.05) is 0 Å². The van der Waals surface area contributed by atoms with Crippen LogP contribution in [-0.4, -0.2) is 36.5 Å². The quantitative estimate of drug-likeness (QED) is 0.720. The summed E-state index contributed by atoms with van der Waals surface area (Å²) < 4.78 is 23.7. The highest BCUT2D eigenvalue weighted by Gasteiger charge is 2.49. The highest BCUT2D eigenvalue weighted by atomic mass is 16.8. The number of hydrogen-bond donors (Lipinski definition) is 0. The Balaban J connectivity index is 1.96. The third-order valence-corrected chi connectivity index (χ3v) is 3.71. The van der Waals surface area contributed by atoms with Gasteiger partial charge < -0.3 is 18.9 Å². The molecule has 4 nitrogen and oxygen atoms in total. The lowest BCUT2D eigenvalue weighted by Gasteiger charge is -2.23. The van der Waals surface area contributed by atoms with Crippen LogP contribution in [0.3, 0.4) is 0 Å². The van der Waals surface area contributed by atoms with E-state index in [2.05, 4.69) is 6.92 Å². The summed E-state index contributed by atoms with van der Waals surface area (Å²) in [7, 11) is 0. The number of unbranched alkanes of at least 4 members (excludes halogenated alkanes) is 2. The molecule has 0 aromatic heterocycles. The van der Waals surface area contributed by atoms with Crippen LogP contribution in [0.1, 0.15) is 60.3 Å². The van der Waals surface area contributed by atoms with E-state index in [0.29, 0.717) is 6.61 Å². The van der Waals surface area contributed by atoms with Gasteiger partial charge in [-0.15, -0.1) is 0 Å². The first-order valence-electron chi connectivity index (χ1n) is 7.50. The molecular weight excluding hydrogens is 244 g/mol. The summed E-state index contributed by atoms with van der Waals surface area (Å²) in [5, 5.41) is 0. The minimum absolute atomic E-state index is 0.0198. The zero-order valence-electron chi connectivity index (χ0n) is 12.9. The minimum atomic E-state index is -0.516. The Kier molecular flexibility index (Phi) is 4.56. The molecule has 0 amide bonds. The van der Waals surface area contributed by atoms with Crippen LogP contribution in [0, 0.1) is 0 Å². The second-order valence-corrected chi connectivity index (χ2v) is 6.50. The van der Waals surface area contributed by atoms with Crippen molar-refractivity contribution in [2.24, 2.45) is 0 Å². The second-order valence-electron chi connectivity index (χ2n) is 6.50. The first kappa shape index (κ1) is 15.2. The summed E-state index contributed by atoms with van der Waals surface area (Å²) in [4.78, 5) is 0. The molecule has 0 spiro atoms. The van der Waals surface area contributed by atoms with Gasteiger partial charge in [0.2, 0.25) is 0 Å². The molecule has 0 aliphatic carbocycles. The molecule has 2 heterocycles. The molecule has 112 valence electrons. The first-order valence-corrected chi connectivity index (χ1v) is 7.50. The van der Waals surface area contributed by atoms with E-state index in [4.69, 9.17) is 18.9 Å². The zero-order chi connectivity index (χ0) is 14.1. The fourth-order valence-corrected chi connectivity index (χ4v) is 2.87. The molecule has 0 saturated carbocycles. The molecule has 0 bridgehead atoms. The number of rotatable bonds is 5. The highest BCUT2D eigenvalue weighted by Crippen LogP contribution is 2.37. The first-order chi connectivity index (χ1) is 8.83. The Labute approximate surface area is 116 Å². The molecule has 19 heavy (non-hydrogen) atoms. The van der Waals surface area contributed by atoms with Crippen LogP contribution < -0.4 is 0 Å². The monoisotopic (exact) mass is 272 g/mol. The topological polar surface area (TPSA) is 36.9 Å². The van der Waals surface area contributed by atoms with Crippen LogP contribution in [-0.2, 0) is 18.9 Å². The fraction of sp³-hybridized carbons (Fsp3) is 1.00. The number of hydrogen-bond acceptors (Lipinski definition) is 4. The SMILES string of the molecule is CCCCC[C@H]1OC(C)(C)O[C@H]1[C@H]1COC(C)(C)O1. The average Bonchev–Trinajstić information content (AvgIpc) is 2.79. The summed E-state index contributed by atoms with van der Waals surface area (Å²) in [5.74, 6) is -1.02. The van der Waals surface area contributed by atoms with Gasteiger partial charge in [-0.2, -0.15) is 0 Å². The Morgan fingerprint density at radius 2 is 1.68 bits per heavy atom. The van der Waals surface area contributed by atoms with Crippen molar-refractivity contribution >= 4 is 0 Å². The third kappa shape index (κ3) is 3.91. The van der Waals surface area contributed by atoms with Gasteiger partial charge in [-0.3, -0.25) is 0 Å². The van der Waals surface area contributed by atoms with E-state index in [1.807, 2.05) is 27.7 Å². The summed E-state index contributed by atoms with van der Waals surface area (Å²) in [6.45, 7) is 10.6. The zero-order valence-corrected chi connectivity index (χ0v) is 12.9. The number of ether oxygens (including phenoxy) is 4. The molecule has 4 heteroatoms. The van der Waals surface area contributed by atoms with Gasteiger partial charge in [0.15, 0.2) is 11.6 Å². The van der Waals surface area contributed by atoms with Crippen molar-refractivity contribution in [2.45, 2.75) is 90.2 Å². The molecule has 0 aromatic rings. The average molecular weight is 272 g/mol. The van der Waals surface area contributed by atoms with Crippen LogP contribution in [0.15, 0.2) is 0 Å². The van der Waals surface area contributed by atoms with Crippen LogP contribution in [0.5, 0.6) is 0 Å². The van der Waals surface area contributed by atoms with Crippen molar-refractivity contribution in [1.82, 2.24) is 0 Å². The Morgan fingerprint density at radius 1 is 0.947 bits per heavy atom. The van der Waals surface area contributed by atoms with Crippen molar-refractivity contribution in [2.75, 3.05) is 6.61 Å². The Hall–Kier alpha value is -0.160. The van der Waals surface area contributed by atoms with E-state index in [9.17, 15) is 0 Å². The van der Waals surface area contributed by atoms with Crippen LogP contribution in [0.2, 0.25) is 0 Å². The predicted octanol–water partition coefficient (Wildman–Crippen LogP) is 3.24. The fourth-order valence-electron chi connectivity index (χ4n) is 2.87. The molecule has 0 aromatic carbocycles. The third-order valence-electron chi connectivity index (χ3n) is 3.71. The van der Waals surface area contributed by atoms with Gasteiger partial charge in [-0.25, -0.2) is 0 Å². The maximum absolute atomic E-state index is 6.04. The largest absolute Gasteiger partial charge is 0.348 e. The molecule has 3 atom stereocenters. The molecule has 2 fully saturated rings. The molecule has 0 unspecified atom stereocenters. The summed E-state index contributed by atoms with van der Waals surface area (Å²) in [6.07, 6.45) is 4.73. The minimum Gasteiger partial charge on any atom is -0.348 e. The Morgan fingerprint density at radius 3 is 2.26 bits per heavy atom. The van der Waals surface area contributed by atoms with Crippen molar-refractivity contribution in [3.8, 4) is 0 Å². The van der Waals surface area contributed by atoms with E-state index in [1.54, 1.807) is 0 Å². The van der Waals surface area contributed by atoms with E-state index in [-0.39, 0.29) is 18.3 Å². The maximum atomic E-state index is 6.04. The molecular formula is C15H28O4. The lowest BCUT2D eigenvalue weighted by molar-refractivity contribution is -0.174. The van der Waals surface area contributed by atoms with Crippen molar-refractivity contribution in [3.63, 3.8) is 0 Å². The van der Waals surface area contributed by atoms with Crippen LogP contribution in [0.25, 0.3) is 0 Å². The summed E-state index contributed by atoms with van der Waals surface area (Å²) >= 11 is 0. The standard InChI is InChI=1S/C15H28O4/c1-6-7-8-9-11-13(19-15(4,5)17-11)12-10-16-14(2,3)18-12/h11-13H,6-10H2,1-5H3/t11-,12-,13-/m1/s1.